The summed E-state index contributed by atoms with van der Waals surface area (Å²) in [5.41, 5.74) is 4.25. The monoisotopic (exact) mass is 326 g/mol. The van der Waals surface area contributed by atoms with Crippen molar-refractivity contribution in [2.45, 2.75) is 39.8 Å². The number of pyridine rings is 1. The first kappa shape index (κ1) is 18.1. The van der Waals surface area contributed by atoms with Crippen LogP contribution in [0.25, 0.3) is 0 Å². The second-order valence-corrected chi connectivity index (χ2v) is 6.17. The lowest BCUT2D eigenvalue weighted by atomic mass is 10.2. The lowest BCUT2D eigenvalue weighted by Crippen LogP contribution is -2.26. The molecule has 0 saturated heterocycles. The largest absolute Gasteiger partial charge is 0.377 e. The smallest absolute Gasteiger partial charge is 0.222 e. The second-order valence-electron chi connectivity index (χ2n) is 6.17. The molecule has 2 aromatic rings. The van der Waals surface area contributed by atoms with Gasteiger partial charge in [0.15, 0.2) is 0 Å². The van der Waals surface area contributed by atoms with Gasteiger partial charge in [-0.25, -0.2) is 0 Å². The molecule has 0 radical (unpaired) electrons. The molecule has 0 aliphatic carbocycles. The fraction of sp³-hybridized carbons (Fsp3) is 0.400. The average molecular weight is 326 g/mol. The molecule has 24 heavy (non-hydrogen) atoms. The molecule has 0 aliphatic heterocycles. The van der Waals surface area contributed by atoms with E-state index in [0.29, 0.717) is 26.2 Å². The summed E-state index contributed by atoms with van der Waals surface area (Å²) in [6, 6.07) is 14.1. The normalized spacial score (nSPS) is 10.6. The average Bonchev–Trinajstić information content (AvgIpc) is 2.54. The number of carbonyl (C=O) groups is 1. The van der Waals surface area contributed by atoms with E-state index in [1.165, 1.54) is 5.56 Å². The molecule has 0 atom stereocenters. The number of benzene rings is 1. The van der Waals surface area contributed by atoms with Gasteiger partial charge in [0.1, 0.15) is 0 Å². The SMILES string of the molecule is Cc1cc(C)nc(CN(C)C(=O)CCCOCc2ccccc2)c1. The van der Waals surface area contributed by atoms with Gasteiger partial charge in [0.2, 0.25) is 5.91 Å². The molecular weight excluding hydrogens is 300 g/mol. The summed E-state index contributed by atoms with van der Waals surface area (Å²) in [5.74, 6) is 0.124. The Bertz CT molecular complexity index is 636. The summed E-state index contributed by atoms with van der Waals surface area (Å²) in [6.45, 7) is 5.76. The number of aromatic nitrogens is 1. The minimum Gasteiger partial charge on any atom is -0.377 e. The van der Waals surface area contributed by atoms with Crippen molar-refractivity contribution in [1.29, 1.82) is 0 Å². The number of hydrogen-bond acceptors (Lipinski definition) is 3. The first-order valence-corrected chi connectivity index (χ1v) is 8.34. The van der Waals surface area contributed by atoms with Gasteiger partial charge in [-0.1, -0.05) is 30.3 Å². The van der Waals surface area contributed by atoms with Crippen LogP contribution in [0.4, 0.5) is 0 Å². The van der Waals surface area contributed by atoms with E-state index in [4.69, 9.17) is 4.74 Å². The van der Waals surface area contributed by atoms with E-state index in [1.807, 2.05) is 63.4 Å². The van der Waals surface area contributed by atoms with Crippen molar-refractivity contribution < 1.29 is 9.53 Å². The Morgan fingerprint density at radius 1 is 1.17 bits per heavy atom. The molecule has 0 bridgehead atoms. The fourth-order valence-corrected chi connectivity index (χ4v) is 2.62. The fourth-order valence-electron chi connectivity index (χ4n) is 2.62. The Morgan fingerprint density at radius 3 is 2.62 bits per heavy atom. The molecule has 0 aliphatic rings. The van der Waals surface area contributed by atoms with Crippen LogP contribution in [0.15, 0.2) is 42.5 Å². The van der Waals surface area contributed by atoms with Crippen molar-refractivity contribution in [2.75, 3.05) is 13.7 Å². The number of hydrogen-bond donors (Lipinski definition) is 0. The maximum Gasteiger partial charge on any atom is 0.222 e. The van der Waals surface area contributed by atoms with Crippen LogP contribution < -0.4 is 0 Å². The summed E-state index contributed by atoms with van der Waals surface area (Å²) >= 11 is 0. The van der Waals surface area contributed by atoms with E-state index < -0.39 is 0 Å². The molecule has 0 fully saturated rings. The van der Waals surface area contributed by atoms with Crippen LogP contribution in [0, 0.1) is 13.8 Å². The van der Waals surface area contributed by atoms with Gasteiger partial charge in [0.25, 0.3) is 0 Å². The van der Waals surface area contributed by atoms with Crippen LogP contribution >= 0.6 is 0 Å². The second kappa shape index (κ2) is 9.18. The predicted octanol–water partition coefficient (Wildman–Crippen LogP) is 3.65. The lowest BCUT2D eigenvalue weighted by Gasteiger charge is -2.17. The Balaban J connectivity index is 1.68. The van der Waals surface area contributed by atoms with Crippen LogP contribution in [-0.2, 0) is 22.7 Å². The van der Waals surface area contributed by atoms with Gasteiger partial charge in [-0.2, -0.15) is 0 Å². The number of aryl methyl sites for hydroxylation is 2. The summed E-state index contributed by atoms with van der Waals surface area (Å²) in [4.78, 5) is 18.4. The highest BCUT2D eigenvalue weighted by Gasteiger charge is 2.10. The summed E-state index contributed by atoms with van der Waals surface area (Å²) in [5, 5.41) is 0. The molecule has 128 valence electrons. The molecule has 0 N–H and O–H groups in total. The van der Waals surface area contributed by atoms with Crippen molar-refractivity contribution in [2.24, 2.45) is 0 Å². The van der Waals surface area contributed by atoms with Crippen molar-refractivity contribution in [1.82, 2.24) is 9.88 Å². The number of ether oxygens (including phenoxy) is 1. The summed E-state index contributed by atoms with van der Waals surface area (Å²) in [6.07, 6.45) is 1.23. The maximum atomic E-state index is 12.2. The topological polar surface area (TPSA) is 42.4 Å². The molecule has 1 aromatic heterocycles. The number of carbonyl (C=O) groups excluding carboxylic acids is 1. The van der Waals surface area contributed by atoms with Gasteiger partial charge >= 0.3 is 0 Å². The van der Waals surface area contributed by atoms with Gasteiger partial charge in [-0.3, -0.25) is 9.78 Å². The minimum atomic E-state index is 0.124. The zero-order chi connectivity index (χ0) is 17.4. The van der Waals surface area contributed by atoms with E-state index in [9.17, 15) is 4.79 Å². The molecule has 1 amide bonds. The Kier molecular flexibility index (Phi) is 6.94. The number of amides is 1. The highest BCUT2D eigenvalue weighted by Crippen LogP contribution is 2.08. The van der Waals surface area contributed by atoms with E-state index in [1.54, 1.807) is 4.90 Å². The zero-order valence-corrected chi connectivity index (χ0v) is 14.8. The molecular formula is C20H26N2O2. The van der Waals surface area contributed by atoms with Crippen LogP contribution in [0.1, 0.15) is 35.4 Å². The van der Waals surface area contributed by atoms with Gasteiger partial charge in [0.05, 0.1) is 18.8 Å². The third-order valence-electron chi connectivity index (χ3n) is 3.77. The number of rotatable bonds is 8. The minimum absolute atomic E-state index is 0.124. The van der Waals surface area contributed by atoms with Gasteiger partial charge in [-0.15, -0.1) is 0 Å². The van der Waals surface area contributed by atoms with E-state index in [2.05, 4.69) is 4.98 Å². The van der Waals surface area contributed by atoms with Crippen molar-refractivity contribution >= 4 is 5.91 Å². The summed E-state index contributed by atoms with van der Waals surface area (Å²) in [7, 11) is 1.83. The third-order valence-corrected chi connectivity index (χ3v) is 3.77. The molecule has 0 saturated carbocycles. The van der Waals surface area contributed by atoms with Crippen LogP contribution in [-0.4, -0.2) is 29.4 Å². The Labute approximate surface area is 144 Å². The molecule has 0 unspecified atom stereocenters. The quantitative estimate of drug-likeness (QED) is 0.695. The Hall–Kier alpha value is -2.20. The highest BCUT2D eigenvalue weighted by molar-refractivity contribution is 5.75. The molecule has 4 nitrogen and oxygen atoms in total. The maximum absolute atomic E-state index is 12.2. The molecule has 4 heteroatoms. The standard InChI is InChI=1S/C20H26N2O2/c1-16-12-17(2)21-19(13-16)14-22(3)20(23)10-7-11-24-15-18-8-5-4-6-9-18/h4-6,8-9,12-13H,7,10-11,14-15H2,1-3H3. The predicted molar refractivity (Wildman–Crippen MR) is 95.5 cm³/mol. The van der Waals surface area contributed by atoms with Gasteiger partial charge in [-0.05, 0) is 43.5 Å². The van der Waals surface area contributed by atoms with E-state index in [0.717, 1.165) is 23.4 Å². The van der Waals surface area contributed by atoms with Crippen LogP contribution in [0.2, 0.25) is 0 Å². The van der Waals surface area contributed by atoms with Crippen LogP contribution in [0.3, 0.4) is 0 Å². The third kappa shape index (κ3) is 6.13. The van der Waals surface area contributed by atoms with Crippen molar-refractivity contribution in [3.05, 3.63) is 65.0 Å². The lowest BCUT2D eigenvalue weighted by molar-refractivity contribution is -0.130. The van der Waals surface area contributed by atoms with Crippen LogP contribution in [0.5, 0.6) is 0 Å². The first-order chi connectivity index (χ1) is 11.5. The first-order valence-electron chi connectivity index (χ1n) is 8.34. The Morgan fingerprint density at radius 2 is 1.92 bits per heavy atom. The number of nitrogens with zero attached hydrogens (tertiary/aromatic N) is 2. The molecule has 1 heterocycles. The van der Waals surface area contributed by atoms with E-state index in [-0.39, 0.29) is 5.91 Å². The van der Waals surface area contributed by atoms with Gasteiger partial charge in [0, 0.05) is 25.8 Å². The molecule has 0 spiro atoms. The molecule has 2 rings (SSSR count). The van der Waals surface area contributed by atoms with E-state index >= 15 is 0 Å². The molecule has 1 aromatic carbocycles. The highest BCUT2D eigenvalue weighted by atomic mass is 16.5. The summed E-state index contributed by atoms with van der Waals surface area (Å²) < 4.78 is 5.62. The van der Waals surface area contributed by atoms with Crippen molar-refractivity contribution in [3.63, 3.8) is 0 Å². The van der Waals surface area contributed by atoms with Gasteiger partial charge < -0.3 is 9.64 Å². The zero-order valence-electron chi connectivity index (χ0n) is 14.8. The van der Waals surface area contributed by atoms with Crippen molar-refractivity contribution in [3.8, 4) is 0 Å².